The van der Waals surface area contributed by atoms with Crippen LogP contribution in [0.3, 0.4) is 0 Å². The van der Waals surface area contributed by atoms with Crippen molar-refractivity contribution in [2.75, 3.05) is 19.4 Å². The first-order valence-electron chi connectivity index (χ1n) is 7.48. The molecule has 1 aliphatic rings. The zero-order valence-electron chi connectivity index (χ0n) is 14.1. The maximum Gasteiger partial charge on any atom is 0.410 e. The van der Waals surface area contributed by atoms with E-state index in [0.29, 0.717) is 12.5 Å². The molecule has 0 radical (unpaired) electrons. The summed E-state index contributed by atoms with van der Waals surface area (Å²) in [5, 5.41) is 0. The number of hydrogen-bond donors (Lipinski definition) is 0. The number of likely N-dealkylation sites (tertiary alicyclic amines) is 1. The SMILES string of the molecule is CS(=O)OCCCC1CN(C(=O)OC(C)(C)C)C(C)(C)C1. The van der Waals surface area contributed by atoms with Crippen LogP contribution in [-0.2, 0) is 20.0 Å². The summed E-state index contributed by atoms with van der Waals surface area (Å²) in [5.41, 5.74) is -0.647. The topological polar surface area (TPSA) is 55.8 Å². The molecule has 0 saturated carbocycles. The third-order valence-electron chi connectivity index (χ3n) is 3.58. The van der Waals surface area contributed by atoms with Gasteiger partial charge in [-0.2, -0.15) is 0 Å². The third kappa shape index (κ3) is 6.34. The molecule has 2 atom stereocenters. The number of carbonyl (C=O) groups excluding carboxylic acids is 1. The largest absolute Gasteiger partial charge is 0.444 e. The fourth-order valence-corrected chi connectivity index (χ4v) is 3.12. The predicted molar refractivity (Wildman–Crippen MR) is 84.4 cm³/mol. The van der Waals surface area contributed by atoms with Crippen molar-refractivity contribution in [1.82, 2.24) is 4.90 Å². The minimum atomic E-state index is -1.19. The molecule has 1 aliphatic heterocycles. The minimum Gasteiger partial charge on any atom is -0.444 e. The van der Waals surface area contributed by atoms with E-state index in [9.17, 15) is 9.00 Å². The maximum atomic E-state index is 12.3. The van der Waals surface area contributed by atoms with Gasteiger partial charge >= 0.3 is 6.09 Å². The Hall–Kier alpha value is -0.620. The number of hydrogen-bond acceptors (Lipinski definition) is 4. The summed E-state index contributed by atoms with van der Waals surface area (Å²) >= 11 is -1.19. The van der Waals surface area contributed by atoms with Crippen molar-refractivity contribution in [2.24, 2.45) is 5.92 Å². The van der Waals surface area contributed by atoms with E-state index in [-0.39, 0.29) is 11.6 Å². The number of rotatable bonds is 5. The highest BCUT2D eigenvalue weighted by molar-refractivity contribution is 7.79. The van der Waals surface area contributed by atoms with Crippen LogP contribution in [0, 0.1) is 5.92 Å². The van der Waals surface area contributed by atoms with Crippen LogP contribution in [0.1, 0.15) is 53.9 Å². The van der Waals surface area contributed by atoms with E-state index >= 15 is 0 Å². The Kier molecular flexibility index (Phi) is 6.23. The Morgan fingerprint density at radius 3 is 2.52 bits per heavy atom. The molecule has 0 N–H and O–H groups in total. The summed E-state index contributed by atoms with van der Waals surface area (Å²) in [7, 11) is 0. The quantitative estimate of drug-likeness (QED) is 0.731. The lowest BCUT2D eigenvalue weighted by Crippen LogP contribution is -2.45. The Morgan fingerprint density at radius 2 is 2.00 bits per heavy atom. The van der Waals surface area contributed by atoms with E-state index in [4.69, 9.17) is 8.92 Å². The second kappa shape index (κ2) is 7.09. The van der Waals surface area contributed by atoms with Crippen LogP contribution in [-0.4, -0.2) is 45.7 Å². The zero-order valence-corrected chi connectivity index (χ0v) is 14.9. The molecule has 0 spiro atoms. The summed E-state index contributed by atoms with van der Waals surface area (Å²) in [6.45, 7) is 11.0. The van der Waals surface area contributed by atoms with Crippen molar-refractivity contribution in [3.8, 4) is 0 Å². The van der Waals surface area contributed by atoms with Crippen LogP contribution < -0.4 is 0 Å². The first-order valence-corrected chi connectivity index (χ1v) is 8.97. The molecule has 124 valence electrons. The van der Waals surface area contributed by atoms with E-state index < -0.39 is 16.7 Å². The average molecular weight is 319 g/mol. The number of ether oxygens (including phenoxy) is 1. The third-order valence-corrected chi connectivity index (χ3v) is 4.08. The molecule has 1 rings (SSSR count). The zero-order chi connectivity index (χ0) is 16.3. The highest BCUT2D eigenvalue weighted by Crippen LogP contribution is 2.36. The molecule has 0 aromatic carbocycles. The van der Waals surface area contributed by atoms with Crippen LogP contribution in [0.5, 0.6) is 0 Å². The molecule has 0 bridgehead atoms. The van der Waals surface area contributed by atoms with Gasteiger partial charge < -0.3 is 9.64 Å². The lowest BCUT2D eigenvalue weighted by atomic mass is 9.93. The molecule has 0 aliphatic carbocycles. The van der Waals surface area contributed by atoms with Gasteiger partial charge in [-0.15, -0.1) is 0 Å². The van der Waals surface area contributed by atoms with Gasteiger partial charge in [-0.1, -0.05) is 0 Å². The second-order valence-corrected chi connectivity index (χ2v) is 8.38. The van der Waals surface area contributed by atoms with Crippen molar-refractivity contribution < 1.29 is 17.9 Å². The average Bonchev–Trinajstić information content (AvgIpc) is 2.57. The number of amides is 1. The fraction of sp³-hybridized carbons (Fsp3) is 0.933. The Bertz CT molecular complexity index is 390. The predicted octanol–water partition coefficient (Wildman–Crippen LogP) is 3.11. The molecular formula is C15H29NO4S. The van der Waals surface area contributed by atoms with Crippen LogP contribution in [0.4, 0.5) is 4.79 Å². The van der Waals surface area contributed by atoms with Gasteiger partial charge in [-0.3, -0.25) is 4.18 Å². The van der Waals surface area contributed by atoms with E-state index in [1.54, 1.807) is 0 Å². The second-order valence-electron chi connectivity index (χ2n) is 7.34. The Morgan fingerprint density at radius 1 is 1.38 bits per heavy atom. The molecule has 1 fully saturated rings. The first-order chi connectivity index (χ1) is 9.51. The van der Waals surface area contributed by atoms with Crippen molar-refractivity contribution in [1.29, 1.82) is 0 Å². The summed E-state index contributed by atoms with van der Waals surface area (Å²) in [5.74, 6) is 0.446. The maximum absolute atomic E-state index is 12.3. The van der Waals surface area contributed by atoms with Gasteiger partial charge in [0.1, 0.15) is 5.60 Å². The molecule has 0 aromatic heterocycles. The molecular weight excluding hydrogens is 290 g/mol. The van der Waals surface area contributed by atoms with Crippen LogP contribution in [0.15, 0.2) is 0 Å². The smallest absolute Gasteiger partial charge is 0.410 e. The van der Waals surface area contributed by atoms with Gasteiger partial charge in [-0.05, 0) is 59.8 Å². The Balaban J connectivity index is 2.49. The van der Waals surface area contributed by atoms with Gasteiger partial charge in [0, 0.05) is 18.3 Å². The van der Waals surface area contributed by atoms with Crippen molar-refractivity contribution in [3.05, 3.63) is 0 Å². The van der Waals surface area contributed by atoms with Crippen molar-refractivity contribution >= 4 is 17.2 Å². The van der Waals surface area contributed by atoms with Gasteiger partial charge in [0.15, 0.2) is 11.1 Å². The van der Waals surface area contributed by atoms with E-state index in [1.165, 1.54) is 6.26 Å². The van der Waals surface area contributed by atoms with Gasteiger partial charge in [0.25, 0.3) is 0 Å². The molecule has 1 heterocycles. The van der Waals surface area contributed by atoms with Crippen LogP contribution in [0.2, 0.25) is 0 Å². The molecule has 2 unspecified atom stereocenters. The molecule has 21 heavy (non-hydrogen) atoms. The van der Waals surface area contributed by atoms with Crippen molar-refractivity contribution in [3.63, 3.8) is 0 Å². The monoisotopic (exact) mass is 319 g/mol. The van der Waals surface area contributed by atoms with Crippen LogP contribution >= 0.6 is 0 Å². The minimum absolute atomic E-state index is 0.179. The molecule has 1 amide bonds. The molecule has 6 heteroatoms. The Labute approximate surface area is 131 Å². The van der Waals surface area contributed by atoms with Gasteiger partial charge in [0.2, 0.25) is 0 Å². The summed E-state index contributed by atoms with van der Waals surface area (Å²) in [4.78, 5) is 14.1. The normalized spacial score (nSPS) is 23.1. The standard InChI is InChI=1S/C15H29NO4S/c1-14(2,3)20-13(17)16-11-12(10-15(16,4)5)8-7-9-19-21(6)18/h12H,7-11H2,1-6H3. The van der Waals surface area contributed by atoms with Gasteiger partial charge in [0.05, 0.1) is 6.61 Å². The van der Waals surface area contributed by atoms with E-state index in [1.807, 2.05) is 25.7 Å². The van der Waals surface area contributed by atoms with Crippen LogP contribution in [0.25, 0.3) is 0 Å². The molecule has 5 nitrogen and oxygen atoms in total. The van der Waals surface area contributed by atoms with Gasteiger partial charge in [-0.25, -0.2) is 9.00 Å². The van der Waals surface area contributed by atoms with E-state index in [0.717, 1.165) is 25.8 Å². The molecule has 0 aromatic rings. The lowest BCUT2D eigenvalue weighted by Gasteiger charge is -2.33. The summed E-state index contributed by atoms with van der Waals surface area (Å²) < 4.78 is 21.4. The van der Waals surface area contributed by atoms with E-state index in [2.05, 4.69) is 13.8 Å². The highest BCUT2D eigenvalue weighted by atomic mass is 32.2. The number of nitrogens with zero attached hydrogens (tertiary/aromatic N) is 1. The fourth-order valence-electron chi connectivity index (χ4n) is 2.77. The molecule has 1 saturated heterocycles. The highest BCUT2D eigenvalue weighted by Gasteiger charge is 2.42. The summed E-state index contributed by atoms with van der Waals surface area (Å²) in [6.07, 6.45) is 4.09. The number of carbonyl (C=O) groups is 1. The first kappa shape index (κ1) is 18.4. The van der Waals surface area contributed by atoms with Crippen molar-refractivity contribution in [2.45, 2.75) is 65.0 Å². The summed E-state index contributed by atoms with van der Waals surface area (Å²) in [6, 6.07) is 0. The lowest BCUT2D eigenvalue weighted by molar-refractivity contribution is 0.0131.